The molecule has 6 heteroatoms. The Bertz CT molecular complexity index is 1360. The van der Waals surface area contributed by atoms with Crippen LogP contribution in [0.4, 0.5) is 0 Å². The van der Waals surface area contributed by atoms with Gasteiger partial charge in [0.2, 0.25) is 0 Å². The number of carbonyl (C=O) groups excluding carboxylic acids is 2. The van der Waals surface area contributed by atoms with E-state index in [1.54, 1.807) is 6.08 Å². The van der Waals surface area contributed by atoms with Crippen molar-refractivity contribution in [2.24, 2.45) is 7.05 Å². The Hall–Kier alpha value is -3.12. The van der Waals surface area contributed by atoms with E-state index in [2.05, 4.69) is 4.57 Å². The Morgan fingerprint density at radius 2 is 1.61 bits per heavy atom. The van der Waals surface area contributed by atoms with Gasteiger partial charge in [0.25, 0.3) is 0 Å². The molecule has 0 atom stereocenters. The number of rotatable bonds is 2. The fourth-order valence-corrected chi connectivity index (χ4v) is 5.87. The van der Waals surface area contributed by atoms with Gasteiger partial charge in [-0.25, -0.2) is 9.97 Å². The lowest BCUT2D eigenvalue weighted by molar-refractivity contribution is 0.0990. The van der Waals surface area contributed by atoms with Crippen molar-refractivity contribution in [2.45, 2.75) is 38.0 Å². The molecule has 2 aromatic carbocycles. The minimum atomic E-state index is -0.221. The molecule has 0 aliphatic heterocycles. The normalized spacial score (nSPS) is 17.1. The van der Waals surface area contributed by atoms with E-state index in [9.17, 15) is 9.59 Å². The molecular formula is C25H21N3O2S. The Balaban J connectivity index is 1.38. The second-order valence-electron chi connectivity index (χ2n) is 8.51. The minimum absolute atomic E-state index is 0.192. The van der Waals surface area contributed by atoms with Gasteiger partial charge >= 0.3 is 0 Å². The molecule has 0 bridgehead atoms. The predicted molar refractivity (Wildman–Crippen MR) is 123 cm³/mol. The van der Waals surface area contributed by atoms with E-state index in [0.29, 0.717) is 22.1 Å². The first-order valence-corrected chi connectivity index (χ1v) is 11.6. The fraction of sp³-hybridized carbons (Fsp3) is 0.280. The molecule has 1 saturated carbocycles. The number of aryl methyl sites for hydroxylation is 1. The van der Waals surface area contributed by atoms with Crippen LogP contribution in [-0.4, -0.2) is 26.1 Å². The molecule has 5 nitrogen and oxygen atoms in total. The molecular weight excluding hydrogens is 406 g/mol. The van der Waals surface area contributed by atoms with Gasteiger partial charge in [-0.05, 0) is 41.8 Å². The fourth-order valence-electron chi connectivity index (χ4n) is 4.95. The highest BCUT2D eigenvalue weighted by Crippen LogP contribution is 2.36. The van der Waals surface area contributed by atoms with Gasteiger partial charge in [0.1, 0.15) is 10.8 Å². The van der Waals surface area contributed by atoms with Crippen LogP contribution in [0.5, 0.6) is 0 Å². The van der Waals surface area contributed by atoms with E-state index in [0.717, 1.165) is 27.1 Å². The first kappa shape index (κ1) is 18.6. The molecule has 2 aromatic heterocycles. The molecule has 0 saturated heterocycles. The third-order valence-corrected chi connectivity index (χ3v) is 7.47. The summed E-state index contributed by atoms with van der Waals surface area (Å²) in [5.41, 5.74) is 1.98. The van der Waals surface area contributed by atoms with Crippen molar-refractivity contribution in [3.8, 4) is 0 Å². The first-order chi connectivity index (χ1) is 15.1. The van der Waals surface area contributed by atoms with E-state index in [1.807, 2.05) is 43.4 Å². The van der Waals surface area contributed by atoms with Crippen LogP contribution in [0.15, 0.2) is 42.0 Å². The zero-order valence-electron chi connectivity index (χ0n) is 17.2. The maximum Gasteiger partial charge on any atom is 0.197 e. The summed E-state index contributed by atoms with van der Waals surface area (Å²) in [5.74, 6) is 1.17. The molecule has 2 aliphatic rings. The monoisotopic (exact) mass is 427 g/mol. The van der Waals surface area contributed by atoms with Crippen LogP contribution < -0.4 is 0 Å². The number of thiazole rings is 1. The van der Waals surface area contributed by atoms with Gasteiger partial charge < -0.3 is 4.57 Å². The summed E-state index contributed by atoms with van der Waals surface area (Å²) >= 11 is 1.45. The average Bonchev–Trinajstić information content (AvgIpc) is 3.41. The number of benzene rings is 2. The smallest absolute Gasteiger partial charge is 0.197 e. The van der Waals surface area contributed by atoms with Crippen molar-refractivity contribution in [3.63, 3.8) is 0 Å². The maximum atomic E-state index is 13.0. The lowest BCUT2D eigenvalue weighted by Crippen LogP contribution is -2.10. The number of fused-ring (bicyclic) bond motifs is 3. The quantitative estimate of drug-likeness (QED) is 0.304. The number of allylic oxidation sites excluding steroid dienone is 1. The lowest BCUT2D eigenvalue weighted by atomic mass is 9.89. The molecule has 31 heavy (non-hydrogen) atoms. The number of aromatic nitrogens is 3. The largest absolute Gasteiger partial charge is 0.315 e. The van der Waals surface area contributed by atoms with Crippen molar-refractivity contribution < 1.29 is 9.59 Å². The Labute approximate surface area is 183 Å². The summed E-state index contributed by atoms with van der Waals surface area (Å²) in [4.78, 5) is 36.5. The lowest BCUT2D eigenvalue weighted by Gasteiger charge is -2.20. The molecule has 2 aliphatic carbocycles. The van der Waals surface area contributed by atoms with Gasteiger partial charge in [-0.1, -0.05) is 54.9 Å². The number of ketones is 2. The molecule has 0 N–H and O–H groups in total. The van der Waals surface area contributed by atoms with Crippen LogP contribution in [0.3, 0.4) is 0 Å². The van der Waals surface area contributed by atoms with Crippen molar-refractivity contribution in [2.75, 3.05) is 0 Å². The van der Waals surface area contributed by atoms with Gasteiger partial charge in [0.15, 0.2) is 22.0 Å². The molecule has 0 radical (unpaired) electrons. The van der Waals surface area contributed by atoms with Crippen molar-refractivity contribution in [3.05, 3.63) is 63.9 Å². The van der Waals surface area contributed by atoms with E-state index in [4.69, 9.17) is 9.97 Å². The Kier molecular flexibility index (Phi) is 4.18. The molecule has 0 amide bonds. The van der Waals surface area contributed by atoms with Gasteiger partial charge in [0, 0.05) is 24.1 Å². The zero-order chi connectivity index (χ0) is 21.1. The van der Waals surface area contributed by atoms with Crippen LogP contribution in [0.1, 0.15) is 69.6 Å². The third-order valence-electron chi connectivity index (χ3n) is 6.59. The summed E-state index contributed by atoms with van der Waals surface area (Å²) in [7, 11) is 2.02. The molecule has 0 spiro atoms. The second-order valence-corrected chi connectivity index (χ2v) is 9.52. The summed E-state index contributed by atoms with van der Waals surface area (Å²) in [5, 5.41) is 2.57. The van der Waals surface area contributed by atoms with Gasteiger partial charge in [-0.3, -0.25) is 9.59 Å². The number of hydrogen-bond donors (Lipinski definition) is 0. The zero-order valence-corrected chi connectivity index (χ0v) is 18.0. The minimum Gasteiger partial charge on any atom is -0.315 e. The maximum absolute atomic E-state index is 13.0. The van der Waals surface area contributed by atoms with E-state index in [1.165, 1.54) is 43.4 Å². The number of Topliss-reactive ketones (excluding diaryl/α,β-unsaturated/α-hetero) is 2. The van der Waals surface area contributed by atoms with E-state index >= 15 is 0 Å². The molecule has 2 heterocycles. The van der Waals surface area contributed by atoms with Crippen LogP contribution in [-0.2, 0) is 7.05 Å². The van der Waals surface area contributed by atoms with Crippen LogP contribution in [0.2, 0.25) is 0 Å². The molecule has 4 aromatic rings. The molecule has 1 fully saturated rings. The van der Waals surface area contributed by atoms with Gasteiger partial charge in [-0.15, -0.1) is 0 Å². The van der Waals surface area contributed by atoms with Gasteiger partial charge in [-0.2, -0.15) is 0 Å². The van der Waals surface area contributed by atoms with Crippen molar-refractivity contribution in [1.29, 1.82) is 0 Å². The summed E-state index contributed by atoms with van der Waals surface area (Å²) in [6.45, 7) is 0. The van der Waals surface area contributed by atoms with Gasteiger partial charge in [0.05, 0.1) is 5.57 Å². The summed E-state index contributed by atoms with van der Waals surface area (Å²) < 4.78 is 2.09. The predicted octanol–water partition coefficient (Wildman–Crippen LogP) is 5.69. The SMILES string of the molecule is Cn1c(C2CCCCC2)nc2sc(C=C3C(=O)c4cc5ccccc5cc4C3=O)nc21. The first-order valence-electron chi connectivity index (χ1n) is 10.8. The molecule has 154 valence electrons. The highest BCUT2D eigenvalue weighted by molar-refractivity contribution is 7.18. The average molecular weight is 428 g/mol. The highest BCUT2D eigenvalue weighted by atomic mass is 32.1. The highest BCUT2D eigenvalue weighted by Gasteiger charge is 2.34. The second kappa shape index (κ2) is 6.95. The number of imidazole rings is 1. The molecule has 0 unspecified atom stereocenters. The van der Waals surface area contributed by atoms with E-state index in [-0.39, 0.29) is 17.1 Å². The van der Waals surface area contributed by atoms with E-state index < -0.39 is 0 Å². The molecule has 6 rings (SSSR count). The van der Waals surface area contributed by atoms with Crippen LogP contribution in [0.25, 0.3) is 27.3 Å². The number of nitrogens with zero attached hydrogens (tertiary/aromatic N) is 3. The van der Waals surface area contributed by atoms with Crippen LogP contribution >= 0.6 is 11.3 Å². The number of carbonyl (C=O) groups is 2. The summed E-state index contributed by atoms with van der Waals surface area (Å²) in [6, 6.07) is 11.4. The standard InChI is InChI=1S/C25H21N3O2S/c1-28-23(14-7-3-2-4-8-14)27-25-24(28)26-20(31-25)13-19-21(29)17-11-15-9-5-6-10-16(15)12-18(17)22(19)30/h5-6,9-14H,2-4,7-8H2,1H3. The Morgan fingerprint density at radius 3 is 2.23 bits per heavy atom. The third kappa shape index (κ3) is 2.89. The topological polar surface area (TPSA) is 64.8 Å². The summed E-state index contributed by atoms with van der Waals surface area (Å²) in [6.07, 6.45) is 7.84. The van der Waals surface area contributed by atoms with Crippen molar-refractivity contribution >= 4 is 50.2 Å². The Morgan fingerprint density at radius 1 is 0.968 bits per heavy atom. The number of hydrogen-bond acceptors (Lipinski definition) is 5. The van der Waals surface area contributed by atoms with Crippen LogP contribution in [0, 0.1) is 0 Å². The van der Waals surface area contributed by atoms with Crippen molar-refractivity contribution in [1.82, 2.24) is 14.5 Å².